The molecule has 1 heterocycles. The van der Waals surface area contributed by atoms with Crippen LogP contribution in [0.4, 0.5) is 11.4 Å². The molecule has 0 spiro atoms. The van der Waals surface area contributed by atoms with Gasteiger partial charge in [-0.25, -0.2) is 8.42 Å². The second kappa shape index (κ2) is 10.5. The van der Waals surface area contributed by atoms with E-state index in [0.717, 1.165) is 24.9 Å². The fourth-order valence-electron chi connectivity index (χ4n) is 4.42. The van der Waals surface area contributed by atoms with Crippen LogP contribution in [0.1, 0.15) is 45.4 Å². The maximum absolute atomic E-state index is 12.9. The van der Waals surface area contributed by atoms with Gasteiger partial charge in [0.15, 0.2) is 11.5 Å². The first-order valence-electron chi connectivity index (χ1n) is 11.9. The van der Waals surface area contributed by atoms with Gasteiger partial charge in [0.2, 0.25) is 5.91 Å². The minimum Gasteiger partial charge on any atom is -0.490 e. The predicted molar refractivity (Wildman–Crippen MR) is 132 cm³/mol. The average molecular weight is 488 g/mol. The maximum atomic E-state index is 12.9. The van der Waals surface area contributed by atoms with Gasteiger partial charge in [-0.1, -0.05) is 19.3 Å². The van der Waals surface area contributed by atoms with E-state index >= 15 is 0 Å². The first-order valence-corrected chi connectivity index (χ1v) is 13.4. The highest BCUT2D eigenvalue weighted by Gasteiger charge is 2.25. The Morgan fingerprint density at radius 1 is 0.941 bits per heavy atom. The van der Waals surface area contributed by atoms with Crippen molar-refractivity contribution in [1.82, 2.24) is 4.90 Å². The molecule has 1 aliphatic heterocycles. The first-order chi connectivity index (χ1) is 16.3. The van der Waals surface area contributed by atoms with Crippen molar-refractivity contribution in [2.75, 3.05) is 30.3 Å². The molecule has 1 aliphatic carbocycles. The lowest BCUT2D eigenvalue weighted by Gasteiger charge is -2.33. The van der Waals surface area contributed by atoms with Gasteiger partial charge in [-0.3, -0.25) is 9.52 Å². The van der Waals surface area contributed by atoms with E-state index in [1.807, 2.05) is 18.9 Å². The van der Waals surface area contributed by atoms with Crippen molar-refractivity contribution in [2.24, 2.45) is 0 Å². The van der Waals surface area contributed by atoms with Crippen LogP contribution < -0.4 is 19.5 Å². The van der Waals surface area contributed by atoms with Crippen LogP contribution in [0, 0.1) is 0 Å². The Bertz CT molecular complexity index is 1100. The molecule has 0 saturated heterocycles. The van der Waals surface area contributed by atoms with E-state index in [9.17, 15) is 13.2 Å². The zero-order chi connectivity index (χ0) is 24.1. The predicted octanol–water partition coefficient (Wildman–Crippen LogP) is 4.24. The summed E-state index contributed by atoms with van der Waals surface area (Å²) in [6.45, 7) is 2.87. The summed E-state index contributed by atoms with van der Waals surface area (Å²) in [4.78, 5) is 14.8. The third-order valence-corrected chi connectivity index (χ3v) is 7.77. The molecule has 1 unspecified atom stereocenters. The molecule has 0 aromatic heterocycles. The zero-order valence-corrected chi connectivity index (χ0v) is 20.6. The van der Waals surface area contributed by atoms with Gasteiger partial charge in [-0.2, -0.15) is 0 Å². The van der Waals surface area contributed by atoms with E-state index in [1.165, 1.54) is 31.4 Å². The van der Waals surface area contributed by atoms with Crippen LogP contribution in [0.3, 0.4) is 0 Å². The van der Waals surface area contributed by atoms with Crippen molar-refractivity contribution in [3.8, 4) is 11.5 Å². The van der Waals surface area contributed by atoms with Gasteiger partial charge in [0.1, 0.15) is 6.04 Å². The van der Waals surface area contributed by atoms with Gasteiger partial charge in [-0.05, 0) is 56.2 Å². The summed E-state index contributed by atoms with van der Waals surface area (Å²) in [5.41, 5.74) is 1.17. The van der Waals surface area contributed by atoms with Crippen molar-refractivity contribution < 1.29 is 22.7 Å². The fraction of sp³-hybridized carbons (Fsp3) is 0.480. The van der Waals surface area contributed by atoms with Gasteiger partial charge < -0.3 is 19.7 Å². The minimum atomic E-state index is -3.80. The van der Waals surface area contributed by atoms with Crippen molar-refractivity contribution >= 4 is 27.3 Å². The van der Waals surface area contributed by atoms with E-state index in [1.54, 1.807) is 30.3 Å². The zero-order valence-electron chi connectivity index (χ0n) is 19.7. The molecule has 2 N–H and O–H groups in total. The van der Waals surface area contributed by atoms with Crippen LogP contribution in [-0.4, -0.2) is 51.6 Å². The molecule has 184 valence electrons. The van der Waals surface area contributed by atoms with Crippen molar-refractivity contribution in [3.63, 3.8) is 0 Å². The van der Waals surface area contributed by atoms with Gasteiger partial charge in [0, 0.05) is 37.0 Å². The number of likely N-dealkylation sites (N-methyl/N-ethyl adjacent to an activating group) is 1. The third kappa shape index (κ3) is 5.75. The summed E-state index contributed by atoms with van der Waals surface area (Å²) in [5, 5.41) is 3.22. The van der Waals surface area contributed by atoms with Crippen LogP contribution >= 0.6 is 0 Å². The number of anilines is 2. The van der Waals surface area contributed by atoms with Crippen molar-refractivity contribution in [3.05, 3.63) is 42.5 Å². The summed E-state index contributed by atoms with van der Waals surface area (Å²) in [7, 11) is -1.92. The summed E-state index contributed by atoms with van der Waals surface area (Å²) < 4.78 is 39.5. The highest BCUT2D eigenvalue weighted by molar-refractivity contribution is 7.92. The summed E-state index contributed by atoms with van der Waals surface area (Å²) in [5.74, 6) is 1.03. The lowest BCUT2D eigenvalue weighted by molar-refractivity contribution is -0.133. The number of rotatable bonds is 7. The van der Waals surface area contributed by atoms with Gasteiger partial charge in [0.05, 0.1) is 18.1 Å². The lowest BCUT2D eigenvalue weighted by atomic mass is 9.94. The third-order valence-electron chi connectivity index (χ3n) is 6.39. The molecule has 34 heavy (non-hydrogen) atoms. The molecule has 1 atom stereocenters. The van der Waals surface area contributed by atoms with E-state index < -0.39 is 10.0 Å². The monoisotopic (exact) mass is 487 g/mol. The fourth-order valence-corrected chi connectivity index (χ4v) is 5.50. The molecule has 8 nitrogen and oxygen atoms in total. The molecule has 2 aliphatic rings. The minimum absolute atomic E-state index is 0.0612. The summed E-state index contributed by atoms with van der Waals surface area (Å²) >= 11 is 0. The Kier molecular flexibility index (Phi) is 7.50. The SMILES string of the molecule is CC(Nc1ccc(NS(=O)(=O)c2ccc3c(c2)OCCCO3)cc1)C(=O)N(C)C1CCCCC1. The highest BCUT2D eigenvalue weighted by atomic mass is 32.2. The number of nitrogens with zero attached hydrogens (tertiary/aromatic N) is 1. The topological polar surface area (TPSA) is 97.0 Å². The highest BCUT2D eigenvalue weighted by Crippen LogP contribution is 2.32. The lowest BCUT2D eigenvalue weighted by Crippen LogP contribution is -2.45. The molecule has 0 radical (unpaired) electrons. The van der Waals surface area contributed by atoms with Gasteiger partial charge >= 0.3 is 0 Å². The molecule has 9 heteroatoms. The van der Waals surface area contributed by atoms with E-state index in [4.69, 9.17) is 9.47 Å². The molecule has 4 rings (SSSR count). The normalized spacial score (nSPS) is 17.4. The molecule has 2 aromatic rings. The average Bonchev–Trinajstić information content (AvgIpc) is 3.09. The number of hydrogen-bond acceptors (Lipinski definition) is 6. The molecule has 1 amide bonds. The number of benzene rings is 2. The number of hydrogen-bond donors (Lipinski definition) is 2. The van der Waals surface area contributed by atoms with Crippen LogP contribution in [0.15, 0.2) is 47.4 Å². The second-order valence-electron chi connectivity index (χ2n) is 8.95. The van der Waals surface area contributed by atoms with Crippen LogP contribution in [0.5, 0.6) is 11.5 Å². The number of sulfonamides is 1. The number of ether oxygens (including phenoxy) is 2. The summed E-state index contributed by atoms with van der Waals surface area (Å²) in [6.07, 6.45) is 6.47. The van der Waals surface area contributed by atoms with Crippen molar-refractivity contribution in [1.29, 1.82) is 0 Å². The molecule has 1 fully saturated rings. The molecule has 2 aromatic carbocycles. The molecule has 0 bridgehead atoms. The number of carbonyl (C=O) groups is 1. The molecule has 1 saturated carbocycles. The van der Waals surface area contributed by atoms with E-state index in [-0.39, 0.29) is 16.8 Å². The van der Waals surface area contributed by atoms with Crippen LogP contribution in [-0.2, 0) is 14.8 Å². The van der Waals surface area contributed by atoms with E-state index in [2.05, 4.69) is 10.0 Å². The maximum Gasteiger partial charge on any atom is 0.262 e. The number of carbonyl (C=O) groups excluding carboxylic acids is 1. The Labute approximate surface area is 201 Å². The van der Waals surface area contributed by atoms with Crippen LogP contribution in [0.2, 0.25) is 0 Å². The quantitative estimate of drug-likeness (QED) is 0.606. The Morgan fingerprint density at radius 3 is 2.29 bits per heavy atom. The Morgan fingerprint density at radius 2 is 1.59 bits per heavy atom. The number of amides is 1. The largest absolute Gasteiger partial charge is 0.490 e. The second-order valence-corrected chi connectivity index (χ2v) is 10.6. The smallest absolute Gasteiger partial charge is 0.262 e. The van der Waals surface area contributed by atoms with E-state index in [0.29, 0.717) is 36.4 Å². The first kappa shape index (κ1) is 24.2. The van der Waals surface area contributed by atoms with Crippen molar-refractivity contribution in [2.45, 2.75) is 62.4 Å². The van der Waals surface area contributed by atoms with Gasteiger partial charge in [-0.15, -0.1) is 0 Å². The molecular weight excluding hydrogens is 454 g/mol. The summed E-state index contributed by atoms with van der Waals surface area (Å²) in [6, 6.07) is 11.4. The Hall–Kier alpha value is -2.94. The number of nitrogens with one attached hydrogen (secondary N) is 2. The van der Waals surface area contributed by atoms with Gasteiger partial charge in [0.25, 0.3) is 10.0 Å². The number of fused-ring (bicyclic) bond motifs is 1. The molecular formula is C25H33N3O5S. The Balaban J connectivity index is 1.37. The standard InChI is InChI=1S/C25H33N3O5S/c1-18(25(29)28(2)21-7-4-3-5-8-21)26-19-9-11-20(12-10-19)27-34(30,31)22-13-14-23-24(17-22)33-16-6-15-32-23/h9-14,17-18,21,26-27H,3-8,15-16H2,1-2H3. The van der Waals surface area contributed by atoms with Crippen LogP contribution in [0.25, 0.3) is 0 Å².